The van der Waals surface area contributed by atoms with E-state index in [1.807, 2.05) is 11.0 Å². The van der Waals surface area contributed by atoms with Gasteiger partial charge in [0.25, 0.3) is 0 Å². The molecule has 0 unspecified atom stereocenters. The van der Waals surface area contributed by atoms with Gasteiger partial charge in [-0.05, 0) is 56.1 Å². The molecule has 1 saturated heterocycles. The van der Waals surface area contributed by atoms with Crippen LogP contribution < -0.4 is 4.74 Å². The van der Waals surface area contributed by atoms with E-state index in [1.54, 1.807) is 6.07 Å². The van der Waals surface area contributed by atoms with Crippen molar-refractivity contribution in [2.75, 3.05) is 7.11 Å². The Labute approximate surface area is 217 Å². The fraction of sp³-hybridized carbons (Fsp3) is 0.724. The van der Waals surface area contributed by atoms with E-state index in [2.05, 4.69) is 20.8 Å². The van der Waals surface area contributed by atoms with E-state index < -0.39 is 6.10 Å². The van der Waals surface area contributed by atoms with E-state index in [-0.39, 0.29) is 29.8 Å². The highest BCUT2D eigenvalue weighted by molar-refractivity contribution is 5.79. The number of carbonyl (C=O) groups excluding carboxylic acids is 2. The lowest BCUT2D eigenvalue weighted by molar-refractivity contribution is -0.148. The first-order valence-electron chi connectivity index (χ1n) is 13.7. The van der Waals surface area contributed by atoms with Gasteiger partial charge in [-0.15, -0.1) is 0 Å². The summed E-state index contributed by atoms with van der Waals surface area (Å²) in [4.78, 5) is 26.2. The monoisotopic (exact) mass is 505 g/mol. The zero-order chi connectivity index (χ0) is 26.7. The Morgan fingerprint density at radius 3 is 2.58 bits per heavy atom. The quantitative estimate of drug-likeness (QED) is 0.227. The summed E-state index contributed by atoms with van der Waals surface area (Å²) in [5, 5.41) is 21.2. The van der Waals surface area contributed by atoms with Crippen LogP contribution in [-0.4, -0.2) is 52.3 Å². The molecule has 0 aliphatic carbocycles. The van der Waals surface area contributed by atoms with Crippen LogP contribution in [-0.2, 0) is 27.3 Å². The number of esters is 1. The Kier molecular flexibility index (Phi) is 12.5. The van der Waals surface area contributed by atoms with E-state index in [9.17, 15) is 19.8 Å². The number of ether oxygens (including phenoxy) is 2. The topological polar surface area (TPSA) is 96.3 Å². The number of amides is 1. The summed E-state index contributed by atoms with van der Waals surface area (Å²) in [6.45, 7) is 8.24. The van der Waals surface area contributed by atoms with Gasteiger partial charge in [-0.1, -0.05) is 46.1 Å². The first kappa shape index (κ1) is 29.9. The molecule has 1 aliphatic heterocycles. The zero-order valence-electron chi connectivity index (χ0n) is 22.9. The van der Waals surface area contributed by atoms with Crippen molar-refractivity contribution in [2.45, 2.75) is 123 Å². The molecule has 1 fully saturated rings. The van der Waals surface area contributed by atoms with Gasteiger partial charge in [0.1, 0.15) is 6.10 Å². The van der Waals surface area contributed by atoms with E-state index in [0.717, 1.165) is 44.1 Å². The molecule has 0 aromatic heterocycles. The molecular weight excluding hydrogens is 458 g/mol. The second kappa shape index (κ2) is 15.1. The van der Waals surface area contributed by atoms with E-state index >= 15 is 0 Å². The fourth-order valence-corrected chi connectivity index (χ4v) is 5.01. The highest BCUT2D eigenvalue weighted by Gasteiger charge is 2.31. The number of aliphatic hydroxyl groups is 1. The molecule has 7 heteroatoms. The van der Waals surface area contributed by atoms with Crippen molar-refractivity contribution in [3.05, 3.63) is 23.3 Å². The number of phenols is 1. The number of hydrogen-bond acceptors (Lipinski definition) is 6. The molecule has 1 amide bonds. The van der Waals surface area contributed by atoms with Gasteiger partial charge in [0.05, 0.1) is 13.2 Å². The molecule has 1 heterocycles. The summed E-state index contributed by atoms with van der Waals surface area (Å²) in [6, 6.07) is 3.91. The van der Waals surface area contributed by atoms with Crippen LogP contribution in [0.5, 0.6) is 11.5 Å². The maximum absolute atomic E-state index is 12.6. The first-order chi connectivity index (χ1) is 17.1. The Bertz CT molecular complexity index is 839. The Morgan fingerprint density at radius 1 is 1.19 bits per heavy atom. The van der Waals surface area contributed by atoms with Crippen molar-refractivity contribution in [3.63, 3.8) is 0 Å². The highest BCUT2D eigenvalue weighted by Crippen LogP contribution is 2.35. The van der Waals surface area contributed by atoms with Crippen LogP contribution in [0.2, 0.25) is 0 Å². The fourth-order valence-electron chi connectivity index (χ4n) is 5.01. The second-order valence-corrected chi connectivity index (χ2v) is 10.6. The number of unbranched alkanes of at least 4 members (excludes halogenated alkanes) is 2. The minimum Gasteiger partial charge on any atom is -0.504 e. The van der Waals surface area contributed by atoms with Crippen molar-refractivity contribution >= 4 is 11.9 Å². The SMILES string of the molecule is CCCCC[C@H](O)C[C@@H](CCc1cc(CN2C(=O)CC[C@H]2CCC(C)C)c(O)c(OC)c1)OC(C)=O. The summed E-state index contributed by atoms with van der Waals surface area (Å²) < 4.78 is 10.9. The molecule has 2 N–H and O–H groups in total. The van der Waals surface area contributed by atoms with Crippen molar-refractivity contribution < 1.29 is 29.3 Å². The van der Waals surface area contributed by atoms with Crippen LogP contribution in [0.15, 0.2) is 12.1 Å². The molecular formula is C29H47NO6. The van der Waals surface area contributed by atoms with Gasteiger partial charge < -0.3 is 24.6 Å². The number of likely N-dealkylation sites (tertiary alicyclic amines) is 1. The number of methoxy groups -OCH3 is 1. The number of hydrogen-bond donors (Lipinski definition) is 2. The van der Waals surface area contributed by atoms with Crippen molar-refractivity contribution in [1.29, 1.82) is 0 Å². The molecule has 1 aliphatic rings. The zero-order valence-corrected chi connectivity index (χ0v) is 22.9. The van der Waals surface area contributed by atoms with Crippen LogP contribution in [0.1, 0.15) is 103 Å². The normalized spacial score (nSPS) is 17.5. The third-order valence-corrected chi connectivity index (χ3v) is 7.07. The summed E-state index contributed by atoms with van der Waals surface area (Å²) in [5.74, 6) is 0.780. The minimum absolute atomic E-state index is 0.0615. The molecule has 3 atom stereocenters. The second-order valence-electron chi connectivity index (χ2n) is 10.6. The summed E-state index contributed by atoms with van der Waals surface area (Å²) >= 11 is 0. The van der Waals surface area contributed by atoms with Gasteiger partial charge in [-0.2, -0.15) is 0 Å². The van der Waals surface area contributed by atoms with Gasteiger partial charge in [0.2, 0.25) is 5.91 Å². The smallest absolute Gasteiger partial charge is 0.302 e. The van der Waals surface area contributed by atoms with Crippen molar-refractivity contribution in [1.82, 2.24) is 4.90 Å². The van der Waals surface area contributed by atoms with Gasteiger partial charge in [-0.25, -0.2) is 0 Å². The maximum Gasteiger partial charge on any atom is 0.302 e. The summed E-state index contributed by atoms with van der Waals surface area (Å²) in [7, 11) is 1.52. The third kappa shape index (κ3) is 9.64. The van der Waals surface area contributed by atoms with Crippen molar-refractivity contribution in [3.8, 4) is 11.5 Å². The molecule has 1 aromatic carbocycles. The lowest BCUT2D eigenvalue weighted by Crippen LogP contribution is -2.32. The lowest BCUT2D eigenvalue weighted by Gasteiger charge is -2.26. The Balaban J connectivity index is 2.13. The van der Waals surface area contributed by atoms with Crippen LogP contribution in [0.3, 0.4) is 0 Å². The molecule has 36 heavy (non-hydrogen) atoms. The van der Waals surface area contributed by atoms with Crippen LogP contribution >= 0.6 is 0 Å². The average Bonchev–Trinajstić information content (AvgIpc) is 3.16. The van der Waals surface area contributed by atoms with Gasteiger partial charge in [0, 0.05) is 37.9 Å². The highest BCUT2D eigenvalue weighted by atomic mass is 16.5. The lowest BCUT2D eigenvalue weighted by atomic mass is 9.98. The molecule has 0 saturated carbocycles. The summed E-state index contributed by atoms with van der Waals surface area (Å²) in [5.41, 5.74) is 1.60. The molecule has 0 bridgehead atoms. The average molecular weight is 506 g/mol. The van der Waals surface area contributed by atoms with Crippen LogP contribution in [0.4, 0.5) is 0 Å². The Hall–Kier alpha value is -2.28. The van der Waals surface area contributed by atoms with E-state index in [4.69, 9.17) is 9.47 Å². The predicted octanol–water partition coefficient (Wildman–Crippen LogP) is 5.52. The molecule has 204 valence electrons. The number of aromatic hydroxyl groups is 1. The predicted molar refractivity (Wildman–Crippen MR) is 141 cm³/mol. The van der Waals surface area contributed by atoms with E-state index in [0.29, 0.717) is 55.9 Å². The molecule has 0 radical (unpaired) electrons. The number of rotatable bonds is 16. The largest absolute Gasteiger partial charge is 0.504 e. The van der Waals surface area contributed by atoms with E-state index in [1.165, 1.54) is 14.0 Å². The number of nitrogens with zero attached hydrogens (tertiary/aromatic N) is 1. The summed E-state index contributed by atoms with van der Waals surface area (Å²) in [6.07, 6.45) is 7.90. The van der Waals surface area contributed by atoms with Crippen LogP contribution in [0.25, 0.3) is 0 Å². The number of benzene rings is 1. The van der Waals surface area contributed by atoms with Gasteiger partial charge in [0.15, 0.2) is 11.5 Å². The number of aryl methyl sites for hydroxylation is 1. The molecule has 1 aromatic rings. The first-order valence-corrected chi connectivity index (χ1v) is 13.7. The van der Waals surface area contributed by atoms with Gasteiger partial charge in [-0.3, -0.25) is 9.59 Å². The third-order valence-electron chi connectivity index (χ3n) is 7.07. The Morgan fingerprint density at radius 2 is 1.94 bits per heavy atom. The standard InChI is InChI=1S/C29H47NO6/c1-6-7-8-9-25(32)18-26(36-21(4)31)14-11-22-16-23(29(34)27(17-22)35-5)19-30-24(12-10-20(2)3)13-15-28(30)33/h16-17,20,24-26,32,34H,6-15,18-19H2,1-5H3/t24-,25+,26-/m1/s1. The number of phenolic OH excluding ortho intramolecular Hbond substituents is 1. The van der Waals surface area contributed by atoms with Crippen molar-refractivity contribution in [2.24, 2.45) is 5.92 Å². The minimum atomic E-state index is -0.505. The number of carbonyl (C=O) groups is 2. The molecule has 2 rings (SSSR count). The number of aliphatic hydroxyl groups excluding tert-OH is 1. The molecule has 7 nitrogen and oxygen atoms in total. The van der Waals surface area contributed by atoms with Crippen LogP contribution in [0, 0.1) is 5.92 Å². The molecule has 0 spiro atoms. The van der Waals surface area contributed by atoms with Gasteiger partial charge >= 0.3 is 5.97 Å². The maximum atomic E-state index is 12.6.